The van der Waals surface area contributed by atoms with Crippen LogP contribution in [0, 0.1) is 24.7 Å². The second-order valence-electron chi connectivity index (χ2n) is 5.33. The molecule has 0 unspecified atom stereocenters. The van der Waals surface area contributed by atoms with Crippen molar-refractivity contribution in [1.82, 2.24) is 20.5 Å². The van der Waals surface area contributed by atoms with E-state index in [1.165, 1.54) is 0 Å². The number of hydrogen-bond acceptors (Lipinski definition) is 3. The summed E-state index contributed by atoms with van der Waals surface area (Å²) in [5, 5.41) is 10.0. The van der Waals surface area contributed by atoms with Crippen LogP contribution in [0.5, 0.6) is 0 Å². The number of carbonyl (C=O) groups excluding carboxylic acids is 1. The fraction of sp³-hybridized carbons (Fsp3) is 0.750. The molecule has 2 rings (SSSR count). The van der Waals surface area contributed by atoms with Crippen LogP contribution in [0.3, 0.4) is 0 Å². The van der Waals surface area contributed by atoms with E-state index in [0.29, 0.717) is 11.7 Å². The SMILES string of the molecule is Cc1nc([C@H](NC(=O)[C@@H]2C[C@@H]2C)C(C)C)n[nH]1. The van der Waals surface area contributed by atoms with E-state index in [0.717, 1.165) is 12.2 Å². The summed E-state index contributed by atoms with van der Waals surface area (Å²) in [6, 6.07) is -0.0970. The minimum atomic E-state index is -0.0970. The summed E-state index contributed by atoms with van der Waals surface area (Å²) in [7, 11) is 0. The summed E-state index contributed by atoms with van der Waals surface area (Å²) in [5.41, 5.74) is 0. The van der Waals surface area contributed by atoms with Gasteiger partial charge in [0.15, 0.2) is 5.82 Å². The number of H-pyrrole nitrogens is 1. The molecule has 3 atom stereocenters. The third-order valence-corrected chi connectivity index (χ3v) is 3.30. The first-order chi connectivity index (χ1) is 7.99. The van der Waals surface area contributed by atoms with Crippen molar-refractivity contribution in [2.45, 2.75) is 40.2 Å². The molecule has 0 saturated heterocycles. The molecule has 5 nitrogen and oxygen atoms in total. The van der Waals surface area contributed by atoms with Crippen LogP contribution in [0.25, 0.3) is 0 Å². The molecule has 17 heavy (non-hydrogen) atoms. The van der Waals surface area contributed by atoms with Crippen molar-refractivity contribution in [3.63, 3.8) is 0 Å². The van der Waals surface area contributed by atoms with Crippen molar-refractivity contribution in [1.29, 1.82) is 0 Å². The van der Waals surface area contributed by atoms with Crippen LogP contribution in [-0.4, -0.2) is 21.1 Å². The first-order valence-corrected chi connectivity index (χ1v) is 6.18. The van der Waals surface area contributed by atoms with E-state index in [1.54, 1.807) is 0 Å². The highest BCUT2D eigenvalue weighted by atomic mass is 16.2. The molecular weight excluding hydrogens is 216 g/mol. The number of amides is 1. The summed E-state index contributed by atoms with van der Waals surface area (Å²) >= 11 is 0. The molecule has 1 saturated carbocycles. The first kappa shape index (κ1) is 12.1. The number of aromatic amines is 1. The Bertz CT molecular complexity index is 412. The Morgan fingerprint density at radius 2 is 2.18 bits per heavy atom. The number of carbonyl (C=O) groups is 1. The van der Waals surface area contributed by atoms with Gasteiger partial charge in [-0.2, -0.15) is 5.10 Å². The fourth-order valence-electron chi connectivity index (χ4n) is 1.98. The highest BCUT2D eigenvalue weighted by molar-refractivity contribution is 5.81. The second-order valence-corrected chi connectivity index (χ2v) is 5.33. The van der Waals surface area contributed by atoms with E-state index in [9.17, 15) is 4.79 Å². The van der Waals surface area contributed by atoms with Gasteiger partial charge in [0.25, 0.3) is 0 Å². The van der Waals surface area contributed by atoms with Gasteiger partial charge in [-0.3, -0.25) is 9.89 Å². The summed E-state index contributed by atoms with van der Waals surface area (Å²) < 4.78 is 0. The maximum absolute atomic E-state index is 11.9. The van der Waals surface area contributed by atoms with E-state index in [4.69, 9.17) is 0 Å². The molecule has 5 heteroatoms. The molecule has 1 aliphatic rings. The molecular formula is C12H20N4O. The van der Waals surface area contributed by atoms with Crippen LogP contribution in [0.15, 0.2) is 0 Å². The number of nitrogens with one attached hydrogen (secondary N) is 2. The monoisotopic (exact) mass is 236 g/mol. The van der Waals surface area contributed by atoms with Gasteiger partial charge in [0.2, 0.25) is 5.91 Å². The molecule has 1 fully saturated rings. The van der Waals surface area contributed by atoms with Crippen LogP contribution >= 0.6 is 0 Å². The molecule has 0 bridgehead atoms. The highest BCUT2D eigenvalue weighted by Gasteiger charge is 2.40. The van der Waals surface area contributed by atoms with Gasteiger partial charge in [-0.15, -0.1) is 0 Å². The maximum atomic E-state index is 11.9. The van der Waals surface area contributed by atoms with Gasteiger partial charge < -0.3 is 5.32 Å². The number of aryl methyl sites for hydroxylation is 1. The lowest BCUT2D eigenvalue weighted by Crippen LogP contribution is -2.33. The van der Waals surface area contributed by atoms with Crippen molar-refractivity contribution in [3.05, 3.63) is 11.6 Å². The van der Waals surface area contributed by atoms with Gasteiger partial charge in [-0.05, 0) is 25.2 Å². The minimum Gasteiger partial charge on any atom is -0.345 e. The zero-order valence-corrected chi connectivity index (χ0v) is 10.8. The Morgan fingerprint density at radius 3 is 2.59 bits per heavy atom. The van der Waals surface area contributed by atoms with Gasteiger partial charge in [-0.25, -0.2) is 4.98 Å². The quantitative estimate of drug-likeness (QED) is 0.833. The van der Waals surface area contributed by atoms with Crippen molar-refractivity contribution in [2.24, 2.45) is 17.8 Å². The lowest BCUT2D eigenvalue weighted by atomic mass is 10.0. The first-order valence-electron chi connectivity index (χ1n) is 6.18. The molecule has 1 amide bonds. The number of rotatable bonds is 4. The predicted molar refractivity (Wildman–Crippen MR) is 64.1 cm³/mol. The Balaban J connectivity index is 2.05. The second kappa shape index (κ2) is 4.47. The molecule has 1 heterocycles. The zero-order valence-electron chi connectivity index (χ0n) is 10.8. The average molecular weight is 236 g/mol. The normalized spacial score (nSPS) is 24.8. The molecule has 1 aromatic rings. The molecule has 0 spiro atoms. The Hall–Kier alpha value is -1.39. The number of nitrogens with zero attached hydrogens (tertiary/aromatic N) is 2. The molecule has 1 aromatic heterocycles. The van der Waals surface area contributed by atoms with Crippen molar-refractivity contribution in [3.8, 4) is 0 Å². The fourth-order valence-corrected chi connectivity index (χ4v) is 1.98. The summed E-state index contributed by atoms with van der Waals surface area (Å²) in [5.74, 6) is 2.59. The van der Waals surface area contributed by atoms with Crippen molar-refractivity contribution < 1.29 is 4.79 Å². The molecule has 0 aromatic carbocycles. The molecule has 94 valence electrons. The number of aromatic nitrogens is 3. The Kier molecular flexibility index (Phi) is 3.17. The molecule has 2 N–H and O–H groups in total. The van der Waals surface area contributed by atoms with Crippen molar-refractivity contribution in [2.75, 3.05) is 0 Å². The van der Waals surface area contributed by atoms with Crippen LogP contribution in [0.1, 0.15) is 44.9 Å². The van der Waals surface area contributed by atoms with Gasteiger partial charge in [0.05, 0.1) is 6.04 Å². The lowest BCUT2D eigenvalue weighted by Gasteiger charge is -2.19. The number of hydrogen-bond donors (Lipinski definition) is 2. The van der Waals surface area contributed by atoms with Gasteiger partial charge in [0, 0.05) is 5.92 Å². The smallest absolute Gasteiger partial charge is 0.223 e. The van der Waals surface area contributed by atoms with E-state index >= 15 is 0 Å². The summed E-state index contributed by atoms with van der Waals surface area (Å²) in [6.45, 7) is 8.09. The summed E-state index contributed by atoms with van der Waals surface area (Å²) in [4.78, 5) is 16.2. The van der Waals surface area contributed by atoms with E-state index in [1.807, 2.05) is 6.92 Å². The van der Waals surface area contributed by atoms with E-state index in [-0.39, 0.29) is 23.8 Å². The van der Waals surface area contributed by atoms with Crippen LogP contribution < -0.4 is 5.32 Å². The largest absolute Gasteiger partial charge is 0.345 e. The highest BCUT2D eigenvalue weighted by Crippen LogP contribution is 2.38. The standard InChI is InChI=1S/C12H20N4O/c1-6(2)10(11-13-8(4)15-16-11)14-12(17)9-5-7(9)3/h6-7,9-10H,5H2,1-4H3,(H,14,17)(H,13,15,16)/t7-,9+,10+/m0/s1. The average Bonchev–Trinajstić information content (AvgIpc) is 2.83. The predicted octanol–water partition coefficient (Wildman–Crippen LogP) is 1.58. The topological polar surface area (TPSA) is 70.7 Å². The molecule has 0 radical (unpaired) electrons. The Labute approximate surface area is 101 Å². The van der Waals surface area contributed by atoms with Crippen LogP contribution in [0.2, 0.25) is 0 Å². The van der Waals surface area contributed by atoms with Crippen LogP contribution in [0.4, 0.5) is 0 Å². The molecule has 1 aliphatic carbocycles. The molecule has 0 aliphatic heterocycles. The third kappa shape index (κ3) is 2.65. The lowest BCUT2D eigenvalue weighted by molar-refractivity contribution is -0.123. The Morgan fingerprint density at radius 1 is 1.53 bits per heavy atom. The van der Waals surface area contributed by atoms with Crippen molar-refractivity contribution >= 4 is 5.91 Å². The summed E-state index contributed by atoms with van der Waals surface area (Å²) in [6.07, 6.45) is 1.00. The van der Waals surface area contributed by atoms with E-state index in [2.05, 4.69) is 41.3 Å². The van der Waals surface area contributed by atoms with Gasteiger partial charge in [-0.1, -0.05) is 20.8 Å². The van der Waals surface area contributed by atoms with E-state index < -0.39 is 0 Å². The zero-order chi connectivity index (χ0) is 12.6. The van der Waals surface area contributed by atoms with Gasteiger partial charge in [0.1, 0.15) is 5.82 Å². The van der Waals surface area contributed by atoms with Gasteiger partial charge >= 0.3 is 0 Å². The third-order valence-electron chi connectivity index (χ3n) is 3.30. The van der Waals surface area contributed by atoms with Crippen LogP contribution in [-0.2, 0) is 4.79 Å². The minimum absolute atomic E-state index is 0.0970. The maximum Gasteiger partial charge on any atom is 0.223 e.